The van der Waals surface area contributed by atoms with Crippen molar-refractivity contribution < 1.29 is 0 Å². The Kier molecular flexibility index (Phi) is 5.13. The van der Waals surface area contributed by atoms with Crippen LogP contribution in [-0.2, 0) is 0 Å². The Hall–Kier alpha value is -1.08. The van der Waals surface area contributed by atoms with Gasteiger partial charge in [-0.2, -0.15) is 0 Å². The van der Waals surface area contributed by atoms with E-state index in [0.29, 0.717) is 6.04 Å². The van der Waals surface area contributed by atoms with Gasteiger partial charge in [0.1, 0.15) is 0 Å². The molecule has 0 aliphatic heterocycles. The van der Waals surface area contributed by atoms with E-state index in [-0.39, 0.29) is 0 Å². The van der Waals surface area contributed by atoms with E-state index in [1.165, 1.54) is 24.0 Å². The molecule has 0 bridgehead atoms. The van der Waals surface area contributed by atoms with Gasteiger partial charge in [-0.1, -0.05) is 50.3 Å². The van der Waals surface area contributed by atoms with Gasteiger partial charge in [0.15, 0.2) is 0 Å². The highest BCUT2D eigenvalue weighted by atomic mass is 14.9. The highest BCUT2D eigenvalue weighted by Crippen LogP contribution is 2.18. The van der Waals surface area contributed by atoms with Crippen molar-refractivity contribution in [3.63, 3.8) is 0 Å². The summed E-state index contributed by atoms with van der Waals surface area (Å²) in [6.45, 7) is 9.35. The molecule has 1 nitrogen and oxygen atoms in total. The zero-order valence-electron chi connectivity index (χ0n) is 9.79. The van der Waals surface area contributed by atoms with Crippen LogP contribution in [0.3, 0.4) is 0 Å². The second kappa shape index (κ2) is 6.41. The lowest BCUT2D eigenvalue weighted by atomic mass is 10.0. The largest absolute Gasteiger partial charge is 0.310 e. The molecule has 0 radical (unpaired) electrons. The standard InChI is InChI=1S/C14H21N/c1-4-6-11-15-12(3)14-10-8-7-9-13(14)5-2/h5,7-10,12,15H,2,4,6,11H2,1,3H3. The average molecular weight is 203 g/mol. The molecule has 1 heteroatoms. The lowest BCUT2D eigenvalue weighted by Gasteiger charge is -2.16. The molecule has 1 N–H and O–H groups in total. The molecule has 15 heavy (non-hydrogen) atoms. The summed E-state index contributed by atoms with van der Waals surface area (Å²) in [6, 6.07) is 8.83. The fourth-order valence-corrected chi connectivity index (χ4v) is 1.70. The van der Waals surface area contributed by atoms with Gasteiger partial charge in [-0.15, -0.1) is 0 Å². The van der Waals surface area contributed by atoms with E-state index in [1.807, 2.05) is 6.08 Å². The lowest BCUT2D eigenvalue weighted by Crippen LogP contribution is -2.20. The highest BCUT2D eigenvalue weighted by Gasteiger charge is 2.06. The molecule has 1 aromatic rings. The van der Waals surface area contributed by atoms with Gasteiger partial charge in [0.05, 0.1) is 0 Å². The Morgan fingerprint density at radius 1 is 1.40 bits per heavy atom. The first-order valence-electron chi connectivity index (χ1n) is 5.74. The molecule has 0 saturated heterocycles. The smallest absolute Gasteiger partial charge is 0.0297 e. The number of rotatable bonds is 6. The summed E-state index contributed by atoms with van der Waals surface area (Å²) in [7, 11) is 0. The van der Waals surface area contributed by atoms with Crippen LogP contribution in [0, 0.1) is 0 Å². The van der Waals surface area contributed by atoms with E-state index in [1.54, 1.807) is 0 Å². The summed E-state index contributed by atoms with van der Waals surface area (Å²) >= 11 is 0. The van der Waals surface area contributed by atoms with Crippen molar-refractivity contribution >= 4 is 6.08 Å². The molecule has 0 fully saturated rings. The van der Waals surface area contributed by atoms with Gasteiger partial charge < -0.3 is 5.32 Å². The quantitative estimate of drug-likeness (QED) is 0.694. The second-order valence-electron chi connectivity index (χ2n) is 3.86. The van der Waals surface area contributed by atoms with Crippen molar-refractivity contribution in [2.45, 2.75) is 32.7 Å². The minimum Gasteiger partial charge on any atom is -0.310 e. The maximum Gasteiger partial charge on any atom is 0.0297 e. The molecule has 0 amide bonds. The number of benzene rings is 1. The van der Waals surface area contributed by atoms with Gasteiger partial charge in [-0.3, -0.25) is 0 Å². The van der Waals surface area contributed by atoms with Crippen molar-refractivity contribution in [2.24, 2.45) is 0 Å². The first kappa shape index (κ1) is 12.0. The Labute approximate surface area is 93.2 Å². The third kappa shape index (κ3) is 3.52. The van der Waals surface area contributed by atoms with Crippen LogP contribution in [0.4, 0.5) is 0 Å². The Balaban J connectivity index is 2.63. The fraction of sp³-hybridized carbons (Fsp3) is 0.429. The number of unbranched alkanes of at least 4 members (excludes halogenated alkanes) is 1. The molecule has 0 spiro atoms. The SMILES string of the molecule is C=Cc1ccccc1C(C)NCCCC. The second-order valence-corrected chi connectivity index (χ2v) is 3.86. The Morgan fingerprint density at radius 2 is 2.13 bits per heavy atom. The molecule has 0 aromatic heterocycles. The number of hydrogen-bond acceptors (Lipinski definition) is 1. The topological polar surface area (TPSA) is 12.0 Å². The van der Waals surface area contributed by atoms with Crippen LogP contribution in [0.25, 0.3) is 6.08 Å². The van der Waals surface area contributed by atoms with Gasteiger partial charge in [0, 0.05) is 6.04 Å². The van der Waals surface area contributed by atoms with E-state index in [9.17, 15) is 0 Å². The van der Waals surface area contributed by atoms with Crippen LogP contribution in [-0.4, -0.2) is 6.54 Å². The Bertz CT molecular complexity index is 304. The van der Waals surface area contributed by atoms with Crippen LogP contribution in [0.15, 0.2) is 30.8 Å². The van der Waals surface area contributed by atoms with Crippen molar-refractivity contribution in [1.82, 2.24) is 5.32 Å². The monoisotopic (exact) mass is 203 g/mol. The molecular weight excluding hydrogens is 182 g/mol. The van der Waals surface area contributed by atoms with E-state index >= 15 is 0 Å². The summed E-state index contributed by atoms with van der Waals surface area (Å²) in [4.78, 5) is 0. The molecule has 0 aliphatic rings. The molecule has 82 valence electrons. The van der Waals surface area contributed by atoms with Crippen LogP contribution in [0.1, 0.15) is 43.9 Å². The predicted molar refractivity (Wildman–Crippen MR) is 67.9 cm³/mol. The summed E-state index contributed by atoms with van der Waals surface area (Å²) in [6.07, 6.45) is 4.40. The minimum absolute atomic E-state index is 0.408. The van der Waals surface area contributed by atoms with Crippen LogP contribution in [0.5, 0.6) is 0 Å². The van der Waals surface area contributed by atoms with Crippen molar-refractivity contribution in [3.8, 4) is 0 Å². The third-order valence-electron chi connectivity index (χ3n) is 2.66. The van der Waals surface area contributed by atoms with E-state index in [2.05, 4.69) is 50.0 Å². The lowest BCUT2D eigenvalue weighted by molar-refractivity contribution is 0.554. The van der Waals surface area contributed by atoms with Crippen LogP contribution >= 0.6 is 0 Å². The molecule has 0 aliphatic carbocycles. The van der Waals surface area contributed by atoms with Crippen molar-refractivity contribution in [3.05, 3.63) is 42.0 Å². The molecule has 1 atom stereocenters. The molecule has 1 aromatic carbocycles. The zero-order chi connectivity index (χ0) is 11.1. The fourth-order valence-electron chi connectivity index (χ4n) is 1.70. The summed E-state index contributed by atoms with van der Waals surface area (Å²) < 4.78 is 0. The number of nitrogens with one attached hydrogen (secondary N) is 1. The van der Waals surface area contributed by atoms with Gasteiger partial charge >= 0.3 is 0 Å². The van der Waals surface area contributed by atoms with E-state index in [4.69, 9.17) is 0 Å². The van der Waals surface area contributed by atoms with Gasteiger partial charge in [-0.25, -0.2) is 0 Å². The van der Waals surface area contributed by atoms with E-state index in [0.717, 1.165) is 6.54 Å². The average Bonchev–Trinajstić information content (AvgIpc) is 2.29. The van der Waals surface area contributed by atoms with E-state index < -0.39 is 0 Å². The summed E-state index contributed by atoms with van der Waals surface area (Å²) in [5.41, 5.74) is 2.57. The summed E-state index contributed by atoms with van der Waals surface area (Å²) in [5.74, 6) is 0. The molecule has 1 unspecified atom stereocenters. The van der Waals surface area contributed by atoms with Gasteiger partial charge in [0.25, 0.3) is 0 Å². The molecule has 0 saturated carbocycles. The van der Waals surface area contributed by atoms with Crippen molar-refractivity contribution in [2.75, 3.05) is 6.54 Å². The highest BCUT2D eigenvalue weighted by molar-refractivity contribution is 5.52. The van der Waals surface area contributed by atoms with Gasteiger partial charge in [0.2, 0.25) is 0 Å². The molecule has 0 heterocycles. The van der Waals surface area contributed by atoms with Crippen LogP contribution < -0.4 is 5.32 Å². The maximum atomic E-state index is 3.84. The first-order chi connectivity index (χ1) is 7.29. The summed E-state index contributed by atoms with van der Waals surface area (Å²) in [5, 5.41) is 3.53. The van der Waals surface area contributed by atoms with Crippen molar-refractivity contribution in [1.29, 1.82) is 0 Å². The Morgan fingerprint density at radius 3 is 2.80 bits per heavy atom. The minimum atomic E-state index is 0.408. The number of hydrogen-bond donors (Lipinski definition) is 1. The molecular formula is C14H21N. The third-order valence-corrected chi connectivity index (χ3v) is 2.66. The predicted octanol–water partition coefficient (Wildman–Crippen LogP) is 3.78. The van der Waals surface area contributed by atoms with Gasteiger partial charge in [-0.05, 0) is 31.0 Å². The molecule has 1 rings (SSSR count). The first-order valence-corrected chi connectivity index (χ1v) is 5.74. The zero-order valence-corrected chi connectivity index (χ0v) is 9.79. The normalized spacial score (nSPS) is 12.4. The van der Waals surface area contributed by atoms with Crippen LogP contribution in [0.2, 0.25) is 0 Å². The maximum absolute atomic E-state index is 3.84.